The van der Waals surface area contributed by atoms with Crippen LogP contribution in [0.3, 0.4) is 0 Å². The third kappa shape index (κ3) is 3.31. The first-order valence-electron chi connectivity index (χ1n) is 8.15. The highest BCUT2D eigenvalue weighted by Crippen LogP contribution is 2.33. The molecule has 2 fully saturated rings. The lowest BCUT2D eigenvalue weighted by Crippen LogP contribution is -2.52. The van der Waals surface area contributed by atoms with Crippen LogP contribution in [0.2, 0.25) is 0 Å². The minimum Gasteiger partial charge on any atom is -0.378 e. The van der Waals surface area contributed by atoms with E-state index >= 15 is 0 Å². The molecule has 3 heterocycles. The quantitative estimate of drug-likeness (QED) is 0.916. The largest absolute Gasteiger partial charge is 0.378 e. The van der Waals surface area contributed by atoms with Gasteiger partial charge in [0.05, 0.1) is 11.8 Å². The molecule has 0 radical (unpaired) electrons. The van der Waals surface area contributed by atoms with E-state index in [0.717, 1.165) is 43.9 Å². The summed E-state index contributed by atoms with van der Waals surface area (Å²) in [5.74, 6) is 0.540. The van der Waals surface area contributed by atoms with Gasteiger partial charge in [0.1, 0.15) is 0 Å². The Bertz CT molecular complexity index is 534. The molecule has 2 saturated heterocycles. The molecule has 5 heteroatoms. The number of amides is 1. The number of aryl methyl sites for hydroxylation is 1. The van der Waals surface area contributed by atoms with E-state index in [1.807, 2.05) is 13.0 Å². The van der Waals surface area contributed by atoms with E-state index in [-0.39, 0.29) is 17.9 Å². The Labute approximate surface area is 132 Å². The first kappa shape index (κ1) is 15.4. The van der Waals surface area contributed by atoms with Crippen LogP contribution in [-0.4, -0.2) is 48.6 Å². The van der Waals surface area contributed by atoms with Crippen LogP contribution in [0.15, 0.2) is 18.2 Å². The number of likely N-dealkylation sites (tertiary alicyclic amines) is 1. The summed E-state index contributed by atoms with van der Waals surface area (Å²) in [6.45, 7) is 5.51. The van der Waals surface area contributed by atoms with Gasteiger partial charge < -0.3 is 10.1 Å². The Morgan fingerprint density at radius 2 is 2.32 bits per heavy atom. The number of nitrogens with zero attached hydrogens (tertiary/aromatic N) is 2. The summed E-state index contributed by atoms with van der Waals surface area (Å²) < 4.78 is 5.90. The molecule has 0 unspecified atom stereocenters. The minimum absolute atomic E-state index is 0.0806. The zero-order valence-electron chi connectivity index (χ0n) is 13.4. The van der Waals surface area contributed by atoms with Crippen LogP contribution >= 0.6 is 0 Å². The van der Waals surface area contributed by atoms with Crippen molar-refractivity contribution >= 4 is 5.91 Å². The van der Waals surface area contributed by atoms with Crippen molar-refractivity contribution in [1.29, 1.82) is 0 Å². The summed E-state index contributed by atoms with van der Waals surface area (Å²) in [6, 6.07) is 6.15. The molecule has 0 saturated carbocycles. The van der Waals surface area contributed by atoms with E-state index in [4.69, 9.17) is 4.74 Å². The average Bonchev–Trinajstić information content (AvgIpc) is 2.53. The Kier molecular flexibility index (Phi) is 4.74. The number of rotatable bonds is 3. The zero-order valence-corrected chi connectivity index (χ0v) is 13.4. The first-order chi connectivity index (χ1) is 10.7. The lowest BCUT2D eigenvalue weighted by molar-refractivity contribution is -0.141. The second-order valence-corrected chi connectivity index (χ2v) is 6.38. The Morgan fingerprint density at radius 3 is 3.09 bits per heavy atom. The van der Waals surface area contributed by atoms with Gasteiger partial charge in [0.2, 0.25) is 5.91 Å². The van der Waals surface area contributed by atoms with Crippen molar-refractivity contribution in [3.8, 4) is 0 Å². The van der Waals surface area contributed by atoms with Gasteiger partial charge in [-0.25, -0.2) is 0 Å². The molecule has 1 aromatic rings. The summed E-state index contributed by atoms with van der Waals surface area (Å²) in [7, 11) is 1.73. The number of hydrogen-bond acceptors (Lipinski definition) is 4. The second kappa shape index (κ2) is 6.75. The van der Waals surface area contributed by atoms with Gasteiger partial charge in [0.15, 0.2) is 0 Å². The number of aromatic nitrogens is 1. The van der Waals surface area contributed by atoms with Crippen molar-refractivity contribution in [2.45, 2.75) is 32.4 Å². The van der Waals surface area contributed by atoms with E-state index < -0.39 is 0 Å². The van der Waals surface area contributed by atoms with E-state index in [9.17, 15) is 4.79 Å². The molecule has 120 valence electrons. The number of hydrogen-bond donors (Lipinski definition) is 1. The molecular weight excluding hydrogens is 278 g/mol. The SMILES string of the molecule is CNC(=O)[C@@H]1CCO[C@@H]2CCN(Cc3cccc(C)n3)C[C@H]21. The van der Waals surface area contributed by atoms with Crippen molar-refractivity contribution in [2.24, 2.45) is 11.8 Å². The van der Waals surface area contributed by atoms with E-state index in [2.05, 4.69) is 27.3 Å². The Morgan fingerprint density at radius 1 is 1.45 bits per heavy atom. The predicted octanol–water partition coefficient (Wildman–Crippen LogP) is 1.36. The van der Waals surface area contributed by atoms with Gasteiger partial charge in [-0.05, 0) is 31.9 Å². The Hall–Kier alpha value is -1.46. The van der Waals surface area contributed by atoms with Gasteiger partial charge in [0, 0.05) is 50.8 Å². The number of piperidine rings is 1. The lowest BCUT2D eigenvalue weighted by Gasteiger charge is -2.44. The Balaban J connectivity index is 1.68. The highest BCUT2D eigenvalue weighted by atomic mass is 16.5. The maximum Gasteiger partial charge on any atom is 0.223 e. The monoisotopic (exact) mass is 303 g/mol. The molecule has 2 aliphatic heterocycles. The van der Waals surface area contributed by atoms with Crippen molar-refractivity contribution in [3.05, 3.63) is 29.6 Å². The number of carbonyl (C=O) groups is 1. The van der Waals surface area contributed by atoms with Crippen LogP contribution in [0, 0.1) is 18.8 Å². The van der Waals surface area contributed by atoms with Crippen LogP contribution in [0.1, 0.15) is 24.2 Å². The van der Waals surface area contributed by atoms with Crippen molar-refractivity contribution < 1.29 is 9.53 Å². The molecule has 0 aliphatic carbocycles. The van der Waals surface area contributed by atoms with Gasteiger partial charge in [-0.3, -0.25) is 14.7 Å². The zero-order chi connectivity index (χ0) is 15.5. The average molecular weight is 303 g/mol. The predicted molar refractivity (Wildman–Crippen MR) is 84.3 cm³/mol. The number of carbonyl (C=O) groups excluding carboxylic acids is 1. The summed E-state index contributed by atoms with van der Waals surface area (Å²) in [5, 5.41) is 2.81. The number of nitrogens with one attached hydrogen (secondary N) is 1. The normalized spacial score (nSPS) is 28.9. The van der Waals surface area contributed by atoms with E-state index in [1.165, 1.54) is 0 Å². The third-order valence-corrected chi connectivity index (χ3v) is 4.87. The molecule has 0 aromatic carbocycles. The molecule has 22 heavy (non-hydrogen) atoms. The highest BCUT2D eigenvalue weighted by Gasteiger charge is 2.41. The third-order valence-electron chi connectivity index (χ3n) is 4.87. The van der Waals surface area contributed by atoms with Crippen molar-refractivity contribution in [3.63, 3.8) is 0 Å². The minimum atomic E-state index is 0.0806. The van der Waals surface area contributed by atoms with Crippen LogP contribution in [-0.2, 0) is 16.1 Å². The number of fused-ring (bicyclic) bond motifs is 1. The van der Waals surface area contributed by atoms with Gasteiger partial charge in [-0.15, -0.1) is 0 Å². The molecule has 2 aliphatic rings. The van der Waals surface area contributed by atoms with E-state index in [0.29, 0.717) is 12.5 Å². The molecule has 3 rings (SSSR count). The molecule has 0 bridgehead atoms. The van der Waals surface area contributed by atoms with Crippen LogP contribution in [0.5, 0.6) is 0 Å². The molecule has 0 spiro atoms. The molecule has 1 N–H and O–H groups in total. The van der Waals surface area contributed by atoms with Crippen LogP contribution in [0.25, 0.3) is 0 Å². The summed E-state index contributed by atoms with van der Waals surface area (Å²) in [5.41, 5.74) is 2.16. The first-order valence-corrected chi connectivity index (χ1v) is 8.15. The van der Waals surface area contributed by atoms with Crippen molar-refractivity contribution in [1.82, 2.24) is 15.2 Å². The van der Waals surface area contributed by atoms with Crippen LogP contribution < -0.4 is 5.32 Å². The maximum absolute atomic E-state index is 12.1. The molecule has 5 nitrogen and oxygen atoms in total. The van der Waals surface area contributed by atoms with Gasteiger partial charge >= 0.3 is 0 Å². The fraction of sp³-hybridized carbons (Fsp3) is 0.647. The van der Waals surface area contributed by atoms with Gasteiger partial charge in [0.25, 0.3) is 0 Å². The standard InChI is InChI=1S/C17H25N3O2/c1-12-4-3-5-13(19-12)10-20-8-6-16-15(11-20)14(7-9-22-16)17(21)18-2/h3-5,14-16H,6-11H2,1-2H3,(H,18,21)/t14-,15+,16-/m1/s1. The maximum atomic E-state index is 12.1. The second-order valence-electron chi connectivity index (χ2n) is 6.38. The number of ether oxygens (including phenoxy) is 1. The number of pyridine rings is 1. The van der Waals surface area contributed by atoms with Crippen LogP contribution in [0.4, 0.5) is 0 Å². The van der Waals surface area contributed by atoms with Crippen molar-refractivity contribution in [2.75, 3.05) is 26.7 Å². The molecule has 1 amide bonds. The highest BCUT2D eigenvalue weighted by molar-refractivity contribution is 5.78. The molecular formula is C17H25N3O2. The van der Waals surface area contributed by atoms with Gasteiger partial charge in [-0.1, -0.05) is 6.07 Å². The fourth-order valence-corrected chi connectivity index (χ4v) is 3.76. The van der Waals surface area contributed by atoms with Gasteiger partial charge in [-0.2, -0.15) is 0 Å². The molecule has 3 atom stereocenters. The summed E-state index contributed by atoms with van der Waals surface area (Å²) in [4.78, 5) is 19.1. The smallest absolute Gasteiger partial charge is 0.223 e. The molecule has 1 aromatic heterocycles. The summed E-state index contributed by atoms with van der Waals surface area (Å²) in [6.07, 6.45) is 2.07. The lowest BCUT2D eigenvalue weighted by atomic mass is 9.79. The summed E-state index contributed by atoms with van der Waals surface area (Å²) >= 11 is 0. The topological polar surface area (TPSA) is 54.5 Å². The van der Waals surface area contributed by atoms with E-state index in [1.54, 1.807) is 7.05 Å². The fourth-order valence-electron chi connectivity index (χ4n) is 3.76.